The van der Waals surface area contributed by atoms with Gasteiger partial charge in [-0.3, -0.25) is 4.79 Å². The standard InChI is InChI=1S/C29H26O5/c30-24-13-11-23(28(32)17-24)12-16-27(31)26-15-14-25(33-19-21-7-3-1-4-8-21)18-29(26)34-20-22-9-5-2-6-10-22/h1-11,13-15,17-18,30,32H,12,16,19-20H2. The number of phenols is 2. The highest BCUT2D eigenvalue weighted by Gasteiger charge is 2.16. The SMILES string of the molecule is O=C(CCc1ccc(O)cc1O)c1ccc(OCc2ccccc2)cc1OCc1ccccc1. The molecule has 34 heavy (non-hydrogen) atoms. The zero-order chi connectivity index (χ0) is 23.8. The van der Waals surface area contributed by atoms with E-state index in [1.165, 1.54) is 12.1 Å². The van der Waals surface area contributed by atoms with Gasteiger partial charge in [-0.05, 0) is 41.3 Å². The molecule has 0 aliphatic heterocycles. The van der Waals surface area contributed by atoms with Crippen LogP contribution in [0.15, 0.2) is 97.1 Å². The number of benzene rings is 4. The van der Waals surface area contributed by atoms with Gasteiger partial charge in [-0.1, -0.05) is 66.7 Å². The Morgan fingerprint density at radius 2 is 1.35 bits per heavy atom. The molecule has 0 bridgehead atoms. The van der Waals surface area contributed by atoms with Crippen LogP contribution in [0.2, 0.25) is 0 Å². The molecule has 2 N–H and O–H groups in total. The smallest absolute Gasteiger partial charge is 0.166 e. The van der Waals surface area contributed by atoms with E-state index in [2.05, 4.69) is 0 Å². The van der Waals surface area contributed by atoms with E-state index in [0.717, 1.165) is 11.1 Å². The van der Waals surface area contributed by atoms with Crippen molar-refractivity contribution in [2.75, 3.05) is 0 Å². The van der Waals surface area contributed by atoms with Gasteiger partial charge < -0.3 is 19.7 Å². The van der Waals surface area contributed by atoms with Crippen LogP contribution in [-0.2, 0) is 19.6 Å². The van der Waals surface area contributed by atoms with E-state index >= 15 is 0 Å². The fourth-order valence-corrected chi connectivity index (χ4v) is 3.56. The maximum Gasteiger partial charge on any atom is 0.166 e. The van der Waals surface area contributed by atoms with E-state index in [1.54, 1.807) is 24.3 Å². The summed E-state index contributed by atoms with van der Waals surface area (Å²) in [5.41, 5.74) is 3.09. The third-order valence-corrected chi connectivity index (χ3v) is 5.43. The van der Waals surface area contributed by atoms with Crippen LogP contribution in [0, 0.1) is 0 Å². The fourth-order valence-electron chi connectivity index (χ4n) is 3.56. The number of phenolic OH excluding ortho intramolecular Hbond substituents is 2. The summed E-state index contributed by atoms with van der Waals surface area (Å²) in [5.74, 6) is 0.910. The first-order valence-electron chi connectivity index (χ1n) is 11.1. The third kappa shape index (κ3) is 6.17. The molecule has 0 unspecified atom stereocenters. The first-order chi connectivity index (χ1) is 16.6. The minimum atomic E-state index is -0.106. The molecular formula is C29H26O5. The quantitative estimate of drug-likeness (QED) is 0.284. The van der Waals surface area contributed by atoms with Gasteiger partial charge in [0.25, 0.3) is 0 Å². The summed E-state index contributed by atoms with van der Waals surface area (Å²) in [5, 5.41) is 19.5. The van der Waals surface area contributed by atoms with Crippen molar-refractivity contribution < 1.29 is 24.5 Å². The topological polar surface area (TPSA) is 76.0 Å². The lowest BCUT2D eigenvalue weighted by atomic mass is 10.0. The van der Waals surface area contributed by atoms with Gasteiger partial charge in [-0.25, -0.2) is 0 Å². The van der Waals surface area contributed by atoms with E-state index in [-0.39, 0.29) is 23.7 Å². The average Bonchev–Trinajstić information content (AvgIpc) is 2.87. The van der Waals surface area contributed by atoms with Crippen molar-refractivity contribution in [3.05, 3.63) is 119 Å². The number of hydrogen-bond acceptors (Lipinski definition) is 5. The minimum Gasteiger partial charge on any atom is -0.508 e. The van der Waals surface area contributed by atoms with Crippen molar-refractivity contribution in [1.29, 1.82) is 0 Å². The lowest BCUT2D eigenvalue weighted by Gasteiger charge is -2.14. The molecule has 0 aliphatic carbocycles. The number of carbonyl (C=O) groups excluding carboxylic acids is 1. The van der Waals surface area contributed by atoms with Crippen LogP contribution in [0.3, 0.4) is 0 Å². The van der Waals surface area contributed by atoms with Gasteiger partial charge in [0.15, 0.2) is 5.78 Å². The van der Waals surface area contributed by atoms with Crippen molar-refractivity contribution >= 4 is 5.78 Å². The molecule has 4 aromatic rings. The molecule has 5 nitrogen and oxygen atoms in total. The highest BCUT2D eigenvalue weighted by Crippen LogP contribution is 2.29. The number of ketones is 1. The van der Waals surface area contributed by atoms with Gasteiger partial charge in [0.1, 0.15) is 36.2 Å². The number of carbonyl (C=O) groups is 1. The van der Waals surface area contributed by atoms with Gasteiger partial charge in [0, 0.05) is 18.6 Å². The molecule has 0 heterocycles. The molecule has 0 aliphatic rings. The van der Waals surface area contributed by atoms with E-state index in [9.17, 15) is 15.0 Å². The number of aryl methyl sites for hydroxylation is 1. The van der Waals surface area contributed by atoms with Crippen molar-refractivity contribution in [1.82, 2.24) is 0 Å². The Labute approximate surface area is 198 Å². The molecule has 4 aromatic carbocycles. The fraction of sp³-hybridized carbons (Fsp3) is 0.138. The van der Waals surface area contributed by atoms with Gasteiger partial charge in [0.05, 0.1) is 5.56 Å². The van der Waals surface area contributed by atoms with Crippen molar-refractivity contribution in [3.8, 4) is 23.0 Å². The summed E-state index contributed by atoms with van der Waals surface area (Å²) in [6, 6.07) is 29.2. The van der Waals surface area contributed by atoms with Crippen LogP contribution in [0.4, 0.5) is 0 Å². The Kier molecular flexibility index (Phi) is 7.45. The highest BCUT2D eigenvalue weighted by molar-refractivity contribution is 5.99. The van der Waals surface area contributed by atoms with Crippen LogP contribution < -0.4 is 9.47 Å². The van der Waals surface area contributed by atoms with E-state index < -0.39 is 0 Å². The summed E-state index contributed by atoms with van der Waals surface area (Å²) < 4.78 is 12.0. The average molecular weight is 455 g/mol. The van der Waals surface area contributed by atoms with Gasteiger partial charge >= 0.3 is 0 Å². The monoisotopic (exact) mass is 454 g/mol. The van der Waals surface area contributed by atoms with Crippen molar-refractivity contribution in [2.24, 2.45) is 0 Å². The lowest BCUT2D eigenvalue weighted by molar-refractivity contribution is 0.0978. The number of hydrogen-bond donors (Lipinski definition) is 2. The summed E-state index contributed by atoms with van der Waals surface area (Å²) >= 11 is 0. The largest absolute Gasteiger partial charge is 0.508 e. The molecular weight excluding hydrogens is 428 g/mol. The Hall–Kier alpha value is -4.25. The highest BCUT2D eigenvalue weighted by atomic mass is 16.5. The molecule has 0 aromatic heterocycles. The van der Waals surface area contributed by atoms with E-state index in [0.29, 0.717) is 42.3 Å². The summed E-state index contributed by atoms with van der Waals surface area (Å²) in [4.78, 5) is 13.1. The number of Topliss-reactive ketones (excluding diaryl/α,β-unsaturated/α-hetero) is 1. The second-order valence-corrected chi connectivity index (χ2v) is 7.94. The molecule has 4 rings (SSSR count). The molecule has 172 valence electrons. The molecule has 0 saturated carbocycles. The number of aromatic hydroxyl groups is 2. The normalized spacial score (nSPS) is 10.6. The van der Waals surface area contributed by atoms with Crippen molar-refractivity contribution in [2.45, 2.75) is 26.1 Å². The molecule has 0 spiro atoms. The molecule has 0 radical (unpaired) electrons. The molecule has 5 heteroatoms. The maximum absolute atomic E-state index is 13.1. The number of ether oxygens (including phenoxy) is 2. The van der Waals surface area contributed by atoms with Crippen LogP contribution >= 0.6 is 0 Å². The second-order valence-electron chi connectivity index (χ2n) is 7.94. The summed E-state index contributed by atoms with van der Waals surface area (Å²) in [6.45, 7) is 0.731. The predicted octanol–water partition coefficient (Wildman–Crippen LogP) is 6.07. The van der Waals surface area contributed by atoms with Gasteiger partial charge in [0.2, 0.25) is 0 Å². The van der Waals surface area contributed by atoms with Crippen LogP contribution in [0.25, 0.3) is 0 Å². The number of rotatable bonds is 10. The summed E-state index contributed by atoms with van der Waals surface area (Å²) in [6.07, 6.45) is 0.527. The zero-order valence-corrected chi connectivity index (χ0v) is 18.7. The van der Waals surface area contributed by atoms with Gasteiger partial charge in [-0.15, -0.1) is 0 Å². The Morgan fingerprint density at radius 3 is 2.00 bits per heavy atom. The van der Waals surface area contributed by atoms with Crippen LogP contribution in [0.5, 0.6) is 23.0 Å². The van der Waals surface area contributed by atoms with E-state index in [4.69, 9.17) is 9.47 Å². The minimum absolute atomic E-state index is 0.0183. The zero-order valence-electron chi connectivity index (χ0n) is 18.7. The lowest BCUT2D eigenvalue weighted by Crippen LogP contribution is -2.06. The molecule has 0 fully saturated rings. The molecule has 0 amide bonds. The molecule has 0 atom stereocenters. The van der Waals surface area contributed by atoms with E-state index in [1.807, 2.05) is 60.7 Å². The molecule has 0 saturated heterocycles. The Balaban J connectivity index is 1.50. The van der Waals surface area contributed by atoms with Crippen molar-refractivity contribution in [3.63, 3.8) is 0 Å². The first-order valence-corrected chi connectivity index (χ1v) is 11.1. The second kappa shape index (κ2) is 11.1. The first kappa shape index (κ1) is 22.9. The Morgan fingerprint density at radius 1 is 0.706 bits per heavy atom. The van der Waals surface area contributed by atoms with Crippen LogP contribution in [-0.4, -0.2) is 16.0 Å². The summed E-state index contributed by atoms with van der Waals surface area (Å²) in [7, 11) is 0. The van der Waals surface area contributed by atoms with Crippen LogP contribution in [0.1, 0.15) is 33.5 Å². The Bertz CT molecular complexity index is 1240. The third-order valence-electron chi connectivity index (χ3n) is 5.43. The van der Waals surface area contributed by atoms with Gasteiger partial charge in [-0.2, -0.15) is 0 Å². The predicted molar refractivity (Wildman–Crippen MR) is 130 cm³/mol. The maximum atomic E-state index is 13.1.